The van der Waals surface area contributed by atoms with Gasteiger partial charge in [-0.05, 0) is 19.4 Å². The van der Waals surface area contributed by atoms with Crippen molar-refractivity contribution in [3.63, 3.8) is 0 Å². The average molecular weight is 265 g/mol. The number of anilines is 1. The van der Waals surface area contributed by atoms with E-state index < -0.39 is 0 Å². The van der Waals surface area contributed by atoms with E-state index >= 15 is 0 Å². The van der Waals surface area contributed by atoms with Gasteiger partial charge in [-0.2, -0.15) is 0 Å². The molecule has 1 aliphatic heterocycles. The van der Waals surface area contributed by atoms with E-state index in [-0.39, 0.29) is 5.60 Å². The highest BCUT2D eigenvalue weighted by molar-refractivity contribution is 5.33. The largest absolute Gasteiger partial charge is 0.381 e. The highest BCUT2D eigenvalue weighted by Crippen LogP contribution is 2.34. The van der Waals surface area contributed by atoms with Crippen LogP contribution in [0.3, 0.4) is 0 Å². The molecule has 0 aromatic carbocycles. The van der Waals surface area contributed by atoms with E-state index in [2.05, 4.69) is 22.2 Å². The Morgan fingerprint density at radius 2 is 2.16 bits per heavy atom. The van der Waals surface area contributed by atoms with Crippen LogP contribution in [0, 0.1) is 0 Å². The molecule has 106 valence electrons. The Labute approximate surface area is 114 Å². The van der Waals surface area contributed by atoms with Crippen molar-refractivity contribution in [1.82, 2.24) is 9.97 Å². The summed E-state index contributed by atoms with van der Waals surface area (Å²) in [6.07, 6.45) is 4.51. The monoisotopic (exact) mass is 265 g/mol. The molecule has 0 bridgehead atoms. The lowest BCUT2D eigenvalue weighted by atomic mass is 9.93. The molecule has 5 heteroatoms. The van der Waals surface area contributed by atoms with Gasteiger partial charge in [0, 0.05) is 45.4 Å². The highest BCUT2D eigenvalue weighted by atomic mass is 16.5. The molecular weight excluding hydrogens is 242 g/mol. The van der Waals surface area contributed by atoms with Crippen molar-refractivity contribution < 1.29 is 9.47 Å². The van der Waals surface area contributed by atoms with Gasteiger partial charge in [0.1, 0.15) is 11.4 Å². The lowest BCUT2D eigenvalue weighted by Crippen LogP contribution is -2.38. The van der Waals surface area contributed by atoms with Gasteiger partial charge >= 0.3 is 0 Å². The van der Waals surface area contributed by atoms with Gasteiger partial charge in [-0.15, -0.1) is 0 Å². The summed E-state index contributed by atoms with van der Waals surface area (Å²) in [6, 6.07) is 1.90. The Morgan fingerprint density at radius 1 is 1.37 bits per heavy atom. The Morgan fingerprint density at radius 3 is 2.84 bits per heavy atom. The van der Waals surface area contributed by atoms with Gasteiger partial charge in [0.05, 0.1) is 0 Å². The molecule has 0 saturated carbocycles. The van der Waals surface area contributed by atoms with Crippen LogP contribution < -0.4 is 5.32 Å². The lowest BCUT2D eigenvalue weighted by molar-refractivity contribution is -0.117. The van der Waals surface area contributed by atoms with Crippen molar-refractivity contribution >= 4 is 5.82 Å². The normalized spacial score (nSPS) is 18.2. The predicted molar refractivity (Wildman–Crippen MR) is 74.2 cm³/mol. The third kappa shape index (κ3) is 3.42. The fourth-order valence-electron chi connectivity index (χ4n) is 2.34. The second kappa shape index (κ2) is 6.82. The van der Waals surface area contributed by atoms with Crippen molar-refractivity contribution in [2.24, 2.45) is 0 Å². The molecule has 5 nitrogen and oxygen atoms in total. The van der Waals surface area contributed by atoms with Crippen molar-refractivity contribution in [2.45, 2.75) is 38.7 Å². The van der Waals surface area contributed by atoms with Crippen molar-refractivity contribution in [2.75, 3.05) is 31.7 Å². The molecule has 1 N–H and O–H groups in total. The molecule has 1 aliphatic rings. The first-order valence-corrected chi connectivity index (χ1v) is 7.10. The van der Waals surface area contributed by atoms with Gasteiger partial charge in [0.15, 0.2) is 5.82 Å². The van der Waals surface area contributed by atoms with E-state index in [4.69, 9.17) is 9.47 Å². The van der Waals surface area contributed by atoms with E-state index in [0.717, 1.165) is 37.4 Å². The molecule has 0 unspecified atom stereocenters. The van der Waals surface area contributed by atoms with Crippen LogP contribution in [0.25, 0.3) is 0 Å². The van der Waals surface area contributed by atoms with Gasteiger partial charge in [-0.3, -0.25) is 0 Å². The minimum atomic E-state index is -0.378. The van der Waals surface area contributed by atoms with E-state index in [9.17, 15) is 0 Å². The molecular formula is C14H23N3O2. The summed E-state index contributed by atoms with van der Waals surface area (Å²) >= 11 is 0. The van der Waals surface area contributed by atoms with Gasteiger partial charge in [-0.25, -0.2) is 9.97 Å². The highest BCUT2D eigenvalue weighted by Gasteiger charge is 2.38. The second-order valence-electron chi connectivity index (χ2n) is 4.73. The summed E-state index contributed by atoms with van der Waals surface area (Å²) in [7, 11) is 0. The van der Waals surface area contributed by atoms with Crippen LogP contribution in [0.4, 0.5) is 5.82 Å². The van der Waals surface area contributed by atoms with Gasteiger partial charge < -0.3 is 14.8 Å². The zero-order chi connectivity index (χ0) is 13.6. The zero-order valence-electron chi connectivity index (χ0n) is 11.8. The maximum atomic E-state index is 5.98. The van der Waals surface area contributed by atoms with Crippen LogP contribution in [0.1, 0.15) is 38.9 Å². The van der Waals surface area contributed by atoms with Crippen LogP contribution in [0.5, 0.6) is 0 Å². The summed E-state index contributed by atoms with van der Waals surface area (Å²) in [5, 5.41) is 3.30. The van der Waals surface area contributed by atoms with Crippen molar-refractivity contribution in [3.8, 4) is 0 Å². The van der Waals surface area contributed by atoms with Gasteiger partial charge in [0.2, 0.25) is 0 Å². The molecule has 1 fully saturated rings. The zero-order valence-corrected chi connectivity index (χ0v) is 11.8. The number of hydrogen-bond acceptors (Lipinski definition) is 5. The van der Waals surface area contributed by atoms with E-state index in [1.807, 2.05) is 13.0 Å². The fourth-order valence-corrected chi connectivity index (χ4v) is 2.34. The van der Waals surface area contributed by atoms with Crippen molar-refractivity contribution in [1.29, 1.82) is 0 Å². The molecule has 1 saturated heterocycles. The summed E-state index contributed by atoms with van der Waals surface area (Å²) in [6.45, 7) is 7.13. The van der Waals surface area contributed by atoms with Crippen LogP contribution >= 0.6 is 0 Å². The maximum absolute atomic E-state index is 5.98. The minimum Gasteiger partial charge on any atom is -0.381 e. The molecule has 2 heterocycles. The smallest absolute Gasteiger partial charge is 0.162 e. The lowest BCUT2D eigenvalue weighted by Gasteiger charge is -2.35. The molecule has 0 spiro atoms. The van der Waals surface area contributed by atoms with Gasteiger partial charge in [-0.1, -0.05) is 6.92 Å². The Kier molecular flexibility index (Phi) is 5.10. The van der Waals surface area contributed by atoms with E-state index in [1.54, 1.807) is 6.20 Å². The Balaban J connectivity index is 2.20. The first kappa shape index (κ1) is 14.2. The Hall–Kier alpha value is -1.20. The van der Waals surface area contributed by atoms with Gasteiger partial charge in [0.25, 0.3) is 0 Å². The molecule has 19 heavy (non-hydrogen) atoms. The molecule has 2 rings (SSSR count). The molecule has 1 aromatic rings. The number of ether oxygens (including phenoxy) is 2. The van der Waals surface area contributed by atoms with Crippen molar-refractivity contribution in [3.05, 3.63) is 18.1 Å². The number of hydrogen-bond donors (Lipinski definition) is 1. The standard InChI is InChI=1S/C14H23N3O2/c1-3-8-15-12-5-9-16-13(17-12)14(19-4-2)6-10-18-11-7-14/h5,9H,3-4,6-8,10-11H2,1-2H3,(H,15,16,17). The number of rotatable bonds is 6. The van der Waals surface area contributed by atoms with Crippen LogP contribution in [0.15, 0.2) is 12.3 Å². The molecule has 0 amide bonds. The van der Waals surface area contributed by atoms with E-state index in [1.165, 1.54) is 0 Å². The maximum Gasteiger partial charge on any atom is 0.162 e. The summed E-state index contributed by atoms with van der Waals surface area (Å²) in [5.41, 5.74) is -0.378. The third-order valence-corrected chi connectivity index (χ3v) is 3.34. The third-order valence-electron chi connectivity index (χ3n) is 3.34. The van der Waals surface area contributed by atoms with Crippen LogP contribution in [-0.2, 0) is 15.1 Å². The molecule has 0 atom stereocenters. The van der Waals surface area contributed by atoms with E-state index in [0.29, 0.717) is 19.8 Å². The summed E-state index contributed by atoms with van der Waals surface area (Å²) < 4.78 is 11.4. The topological polar surface area (TPSA) is 56.3 Å². The SMILES string of the molecule is CCCNc1ccnc(C2(OCC)CCOCC2)n1. The quantitative estimate of drug-likeness (QED) is 0.855. The first-order chi connectivity index (χ1) is 9.30. The van der Waals surface area contributed by atoms with Crippen LogP contribution in [-0.4, -0.2) is 36.3 Å². The Bertz CT molecular complexity index is 387. The number of nitrogens with zero attached hydrogens (tertiary/aromatic N) is 2. The summed E-state index contributed by atoms with van der Waals surface area (Å²) in [5.74, 6) is 1.65. The molecule has 0 radical (unpaired) electrons. The number of nitrogens with one attached hydrogen (secondary N) is 1. The first-order valence-electron chi connectivity index (χ1n) is 7.10. The fraction of sp³-hybridized carbons (Fsp3) is 0.714. The van der Waals surface area contributed by atoms with Crippen LogP contribution in [0.2, 0.25) is 0 Å². The summed E-state index contributed by atoms with van der Waals surface area (Å²) in [4.78, 5) is 9.05. The predicted octanol–water partition coefficient (Wildman–Crippen LogP) is 2.34. The molecule has 0 aliphatic carbocycles. The second-order valence-corrected chi connectivity index (χ2v) is 4.73. The molecule has 1 aromatic heterocycles. The number of aromatic nitrogens is 2. The average Bonchev–Trinajstić information content (AvgIpc) is 2.47. The minimum absolute atomic E-state index is 0.378.